The topological polar surface area (TPSA) is 90.3 Å². The van der Waals surface area contributed by atoms with E-state index in [4.69, 9.17) is 5.26 Å². The molecule has 0 radical (unpaired) electrons. The zero-order valence-electron chi connectivity index (χ0n) is 14.9. The molecule has 26 heavy (non-hydrogen) atoms. The smallest absolute Gasteiger partial charge is 0.243 e. The predicted octanol–water partition coefficient (Wildman–Crippen LogP) is 2.41. The molecule has 1 aromatic carbocycles. The fourth-order valence-electron chi connectivity index (χ4n) is 3.84. The number of benzene rings is 1. The molecule has 0 unspecified atom stereocenters. The summed E-state index contributed by atoms with van der Waals surface area (Å²) in [4.78, 5) is 12.6. The molecule has 1 aliphatic carbocycles. The van der Waals surface area contributed by atoms with Gasteiger partial charge in [-0.15, -0.1) is 0 Å². The van der Waals surface area contributed by atoms with Crippen molar-refractivity contribution < 1.29 is 13.2 Å². The van der Waals surface area contributed by atoms with Crippen LogP contribution in [0.5, 0.6) is 0 Å². The van der Waals surface area contributed by atoms with Crippen LogP contribution >= 0.6 is 0 Å². The number of sulfonamides is 1. The standard InChI is InChI=1S/C19H25N3O3S/c20-13-15-6-4-10-18(12-15)26(24,25)22-11-5-9-17(14-22)21-19(23)16-7-2-1-3-8-16/h4,6,10,12,16-17H,1-3,5,7-9,11,14H2,(H,21,23)/t17-/m0/s1. The lowest BCUT2D eigenvalue weighted by atomic mass is 9.88. The van der Waals surface area contributed by atoms with Crippen LogP contribution in [0.15, 0.2) is 29.2 Å². The van der Waals surface area contributed by atoms with Gasteiger partial charge in [-0.2, -0.15) is 9.57 Å². The van der Waals surface area contributed by atoms with Gasteiger partial charge in [-0.1, -0.05) is 25.3 Å². The molecule has 1 amide bonds. The van der Waals surface area contributed by atoms with E-state index in [1.54, 1.807) is 12.1 Å². The summed E-state index contributed by atoms with van der Waals surface area (Å²) in [5.74, 6) is 0.142. The first-order valence-corrected chi connectivity index (χ1v) is 10.8. The molecule has 6 nitrogen and oxygen atoms in total. The molecule has 1 aliphatic heterocycles. The Morgan fingerprint density at radius 2 is 1.92 bits per heavy atom. The Hall–Kier alpha value is -1.91. The summed E-state index contributed by atoms with van der Waals surface area (Å²) in [6.07, 6.45) is 6.76. The highest BCUT2D eigenvalue weighted by atomic mass is 32.2. The molecule has 1 heterocycles. The first-order valence-electron chi connectivity index (χ1n) is 9.31. The Labute approximate surface area is 155 Å². The normalized spacial score (nSPS) is 22.5. The van der Waals surface area contributed by atoms with Crippen molar-refractivity contribution in [3.05, 3.63) is 29.8 Å². The summed E-state index contributed by atoms with van der Waals surface area (Å²) in [7, 11) is -3.66. The molecule has 1 saturated heterocycles. The number of carbonyl (C=O) groups excluding carboxylic acids is 1. The molecule has 0 bridgehead atoms. The number of piperidine rings is 1. The van der Waals surface area contributed by atoms with E-state index in [9.17, 15) is 13.2 Å². The van der Waals surface area contributed by atoms with Gasteiger partial charge < -0.3 is 5.32 Å². The molecule has 1 saturated carbocycles. The largest absolute Gasteiger partial charge is 0.352 e. The summed E-state index contributed by atoms with van der Waals surface area (Å²) in [5.41, 5.74) is 0.324. The highest BCUT2D eigenvalue weighted by Gasteiger charge is 2.32. The number of nitriles is 1. The Kier molecular flexibility index (Phi) is 5.94. The van der Waals surface area contributed by atoms with E-state index in [1.165, 1.54) is 22.9 Å². The van der Waals surface area contributed by atoms with Crippen LogP contribution in [-0.4, -0.2) is 37.8 Å². The summed E-state index contributed by atoms with van der Waals surface area (Å²) >= 11 is 0. The van der Waals surface area contributed by atoms with Gasteiger partial charge in [0, 0.05) is 25.0 Å². The van der Waals surface area contributed by atoms with Gasteiger partial charge in [-0.3, -0.25) is 4.79 Å². The molecule has 7 heteroatoms. The number of amides is 1. The molecule has 2 aliphatic rings. The molecule has 1 N–H and O–H groups in total. The van der Waals surface area contributed by atoms with Crippen molar-refractivity contribution in [3.63, 3.8) is 0 Å². The highest BCUT2D eigenvalue weighted by Crippen LogP contribution is 2.25. The lowest BCUT2D eigenvalue weighted by molar-refractivity contribution is -0.126. The van der Waals surface area contributed by atoms with Crippen LogP contribution < -0.4 is 5.32 Å². The van der Waals surface area contributed by atoms with E-state index in [0.29, 0.717) is 18.5 Å². The average Bonchev–Trinajstić information content (AvgIpc) is 2.69. The highest BCUT2D eigenvalue weighted by molar-refractivity contribution is 7.89. The van der Waals surface area contributed by atoms with Gasteiger partial charge in [-0.25, -0.2) is 8.42 Å². The van der Waals surface area contributed by atoms with Gasteiger partial charge in [0.15, 0.2) is 0 Å². The molecular formula is C19H25N3O3S. The van der Waals surface area contributed by atoms with Crippen LogP contribution in [0.3, 0.4) is 0 Å². The second-order valence-electron chi connectivity index (χ2n) is 7.19. The zero-order chi connectivity index (χ0) is 18.6. The first kappa shape index (κ1) is 18.9. The lowest BCUT2D eigenvalue weighted by Gasteiger charge is -2.33. The number of hydrogen-bond acceptors (Lipinski definition) is 4. The van der Waals surface area contributed by atoms with E-state index < -0.39 is 10.0 Å². The van der Waals surface area contributed by atoms with Gasteiger partial charge >= 0.3 is 0 Å². The Balaban J connectivity index is 1.67. The SMILES string of the molecule is N#Cc1cccc(S(=O)(=O)N2CCC[C@H](NC(=O)C3CCCCC3)C2)c1. The fraction of sp³-hybridized carbons (Fsp3) is 0.579. The predicted molar refractivity (Wildman–Crippen MR) is 97.7 cm³/mol. The third-order valence-electron chi connectivity index (χ3n) is 5.31. The minimum atomic E-state index is -3.66. The van der Waals surface area contributed by atoms with Crippen molar-refractivity contribution in [2.75, 3.05) is 13.1 Å². The van der Waals surface area contributed by atoms with Crippen LogP contribution in [0.2, 0.25) is 0 Å². The second kappa shape index (κ2) is 8.19. The van der Waals surface area contributed by atoms with E-state index >= 15 is 0 Å². The summed E-state index contributed by atoms with van der Waals surface area (Å²) in [6, 6.07) is 7.91. The van der Waals surface area contributed by atoms with Crippen LogP contribution in [0.25, 0.3) is 0 Å². The van der Waals surface area contributed by atoms with Crippen molar-refractivity contribution >= 4 is 15.9 Å². The molecule has 140 valence electrons. The summed E-state index contributed by atoms with van der Waals surface area (Å²) in [5, 5.41) is 12.1. The van der Waals surface area contributed by atoms with Gasteiger partial charge in [0.1, 0.15) is 0 Å². The molecule has 1 atom stereocenters. The second-order valence-corrected chi connectivity index (χ2v) is 9.12. The van der Waals surface area contributed by atoms with Crippen LogP contribution in [0, 0.1) is 17.2 Å². The Bertz CT molecular complexity index is 794. The van der Waals surface area contributed by atoms with E-state index in [0.717, 1.165) is 32.1 Å². The molecule has 1 aromatic rings. The number of nitrogens with one attached hydrogen (secondary N) is 1. The number of carbonyl (C=O) groups is 1. The van der Waals surface area contributed by atoms with Gasteiger partial charge in [0.25, 0.3) is 0 Å². The third-order valence-corrected chi connectivity index (χ3v) is 7.17. The Morgan fingerprint density at radius 3 is 2.65 bits per heavy atom. The maximum atomic E-state index is 12.9. The van der Waals surface area contributed by atoms with E-state index in [2.05, 4.69) is 5.32 Å². The monoisotopic (exact) mass is 375 g/mol. The molecule has 2 fully saturated rings. The van der Waals surface area contributed by atoms with Crippen molar-refractivity contribution in [2.45, 2.75) is 55.9 Å². The maximum absolute atomic E-state index is 12.9. The summed E-state index contributed by atoms with van der Waals surface area (Å²) < 4.78 is 27.2. The van der Waals surface area contributed by atoms with Gasteiger partial charge in [0.05, 0.1) is 16.5 Å². The quantitative estimate of drug-likeness (QED) is 0.875. The number of hydrogen-bond donors (Lipinski definition) is 1. The molecule has 0 spiro atoms. The van der Waals surface area contributed by atoms with Crippen molar-refractivity contribution in [1.29, 1.82) is 5.26 Å². The number of nitrogens with zero attached hydrogens (tertiary/aromatic N) is 2. The third kappa shape index (κ3) is 4.25. The molecule has 0 aromatic heterocycles. The van der Waals surface area contributed by atoms with Gasteiger partial charge in [-0.05, 0) is 43.9 Å². The van der Waals surface area contributed by atoms with Gasteiger partial charge in [0.2, 0.25) is 15.9 Å². The fourth-order valence-corrected chi connectivity index (χ4v) is 5.41. The maximum Gasteiger partial charge on any atom is 0.243 e. The first-order chi connectivity index (χ1) is 12.5. The minimum Gasteiger partial charge on any atom is -0.352 e. The van der Waals surface area contributed by atoms with E-state index in [-0.39, 0.29) is 29.3 Å². The van der Waals surface area contributed by atoms with Crippen LogP contribution in [-0.2, 0) is 14.8 Å². The van der Waals surface area contributed by atoms with Crippen molar-refractivity contribution in [1.82, 2.24) is 9.62 Å². The van der Waals surface area contributed by atoms with Crippen molar-refractivity contribution in [2.24, 2.45) is 5.92 Å². The Morgan fingerprint density at radius 1 is 1.15 bits per heavy atom. The van der Waals surface area contributed by atoms with E-state index in [1.807, 2.05) is 6.07 Å². The molecule has 3 rings (SSSR count). The lowest BCUT2D eigenvalue weighted by Crippen LogP contribution is -2.50. The zero-order valence-corrected chi connectivity index (χ0v) is 15.7. The van der Waals surface area contributed by atoms with Crippen LogP contribution in [0.4, 0.5) is 0 Å². The molecular weight excluding hydrogens is 350 g/mol. The summed E-state index contributed by atoms with van der Waals surface area (Å²) in [6.45, 7) is 0.729. The van der Waals surface area contributed by atoms with Crippen molar-refractivity contribution in [3.8, 4) is 6.07 Å². The average molecular weight is 375 g/mol. The number of rotatable bonds is 4. The minimum absolute atomic E-state index is 0.0698. The van der Waals surface area contributed by atoms with Crippen LogP contribution in [0.1, 0.15) is 50.5 Å².